The molecule has 21 heavy (non-hydrogen) atoms. The van der Waals surface area contributed by atoms with Crippen LogP contribution in [0.25, 0.3) is 0 Å². The molecule has 1 aromatic carbocycles. The molecule has 0 aliphatic heterocycles. The third-order valence-corrected chi connectivity index (χ3v) is 2.90. The van der Waals surface area contributed by atoms with Gasteiger partial charge in [-0.15, -0.1) is 0 Å². The average Bonchev–Trinajstić information content (AvgIpc) is 2.47. The predicted molar refractivity (Wildman–Crippen MR) is 77.7 cm³/mol. The van der Waals surface area contributed by atoms with E-state index in [1.165, 1.54) is 6.33 Å². The first-order chi connectivity index (χ1) is 10.1. The van der Waals surface area contributed by atoms with Crippen molar-refractivity contribution in [1.29, 1.82) is 0 Å². The van der Waals surface area contributed by atoms with Gasteiger partial charge in [0.05, 0.1) is 11.5 Å². The number of aliphatic hydroxyl groups excluding tert-OH is 1. The highest BCUT2D eigenvalue weighted by molar-refractivity contribution is 5.68. The van der Waals surface area contributed by atoms with E-state index in [9.17, 15) is 15.2 Å². The number of benzene rings is 1. The van der Waals surface area contributed by atoms with E-state index in [1.54, 1.807) is 4.90 Å². The summed E-state index contributed by atoms with van der Waals surface area (Å²) in [5, 5.41) is 20.3. The number of nitrogen functional groups attached to an aromatic ring is 1. The summed E-state index contributed by atoms with van der Waals surface area (Å²) in [6.45, 7) is 0.415. The Morgan fingerprint density at radius 1 is 1.29 bits per heavy atom. The maximum Gasteiger partial charge on any atom is 0.353 e. The molecule has 1 aromatic heterocycles. The molecule has 0 unspecified atom stereocenters. The minimum absolute atomic E-state index is 0.102. The Morgan fingerprint density at radius 2 is 2.00 bits per heavy atom. The highest BCUT2D eigenvalue weighted by Crippen LogP contribution is 2.30. The van der Waals surface area contributed by atoms with Crippen molar-refractivity contribution in [3.63, 3.8) is 0 Å². The van der Waals surface area contributed by atoms with Crippen molar-refractivity contribution in [2.45, 2.75) is 6.54 Å². The first kappa shape index (κ1) is 14.7. The third kappa shape index (κ3) is 3.42. The van der Waals surface area contributed by atoms with Crippen LogP contribution in [0.3, 0.4) is 0 Å². The zero-order valence-electron chi connectivity index (χ0n) is 11.2. The van der Waals surface area contributed by atoms with Crippen molar-refractivity contribution in [2.75, 3.05) is 23.8 Å². The van der Waals surface area contributed by atoms with Gasteiger partial charge in [0, 0.05) is 13.1 Å². The van der Waals surface area contributed by atoms with Gasteiger partial charge in [-0.3, -0.25) is 10.1 Å². The fourth-order valence-electron chi connectivity index (χ4n) is 1.97. The van der Waals surface area contributed by atoms with Gasteiger partial charge in [-0.05, 0) is 5.56 Å². The second-order valence-corrected chi connectivity index (χ2v) is 4.32. The topological polar surface area (TPSA) is 118 Å². The molecule has 0 atom stereocenters. The quantitative estimate of drug-likeness (QED) is 0.600. The van der Waals surface area contributed by atoms with Crippen LogP contribution in [-0.2, 0) is 6.54 Å². The zero-order chi connectivity index (χ0) is 15.2. The molecule has 0 saturated heterocycles. The van der Waals surface area contributed by atoms with Gasteiger partial charge in [0.1, 0.15) is 6.33 Å². The number of anilines is 2. The maximum atomic E-state index is 11.2. The minimum atomic E-state index is -0.611. The molecular formula is C13H15N5O3. The third-order valence-electron chi connectivity index (χ3n) is 2.90. The van der Waals surface area contributed by atoms with E-state index in [2.05, 4.69) is 9.97 Å². The van der Waals surface area contributed by atoms with Gasteiger partial charge < -0.3 is 15.7 Å². The Kier molecular flexibility index (Phi) is 4.62. The van der Waals surface area contributed by atoms with Gasteiger partial charge in [-0.2, -0.15) is 0 Å². The molecule has 0 radical (unpaired) electrons. The van der Waals surface area contributed by atoms with Crippen molar-refractivity contribution in [3.05, 3.63) is 52.3 Å². The first-order valence-electron chi connectivity index (χ1n) is 6.28. The second-order valence-electron chi connectivity index (χ2n) is 4.32. The molecule has 0 saturated carbocycles. The molecule has 0 spiro atoms. The molecule has 0 aliphatic rings. The van der Waals surface area contributed by atoms with Crippen molar-refractivity contribution >= 4 is 17.3 Å². The summed E-state index contributed by atoms with van der Waals surface area (Å²) < 4.78 is 0. The molecule has 2 rings (SSSR count). The Bertz CT molecular complexity index is 620. The van der Waals surface area contributed by atoms with Crippen LogP contribution in [-0.4, -0.2) is 33.1 Å². The number of nitrogens with two attached hydrogens (primary N) is 1. The van der Waals surface area contributed by atoms with Gasteiger partial charge in [0.25, 0.3) is 0 Å². The fourth-order valence-corrected chi connectivity index (χ4v) is 1.97. The highest BCUT2D eigenvalue weighted by Gasteiger charge is 2.25. The molecule has 0 fully saturated rings. The molecule has 8 nitrogen and oxygen atoms in total. The number of hydrogen-bond donors (Lipinski definition) is 2. The summed E-state index contributed by atoms with van der Waals surface area (Å²) in [6, 6.07) is 9.40. The zero-order valence-corrected chi connectivity index (χ0v) is 11.2. The predicted octanol–water partition coefficient (Wildman–Crippen LogP) is 0.966. The lowest BCUT2D eigenvalue weighted by Crippen LogP contribution is -2.28. The smallest absolute Gasteiger partial charge is 0.353 e. The van der Waals surface area contributed by atoms with E-state index in [0.717, 1.165) is 5.56 Å². The number of nitrogens with zero attached hydrogens (tertiary/aromatic N) is 4. The Balaban J connectivity index is 2.39. The van der Waals surface area contributed by atoms with Crippen molar-refractivity contribution in [3.8, 4) is 0 Å². The van der Waals surface area contributed by atoms with E-state index in [1.807, 2.05) is 30.3 Å². The Hall–Kier alpha value is -2.74. The normalized spacial score (nSPS) is 10.3. The standard InChI is InChI=1S/C13H15N5O3/c14-12-11(18(20)21)13(16-9-15-12)17(6-7-19)8-10-4-2-1-3-5-10/h1-5,9,19H,6-8H2,(H2,14,15,16). The van der Waals surface area contributed by atoms with Crippen LogP contribution in [0, 0.1) is 10.1 Å². The summed E-state index contributed by atoms with van der Waals surface area (Å²) in [6.07, 6.45) is 1.17. The summed E-state index contributed by atoms with van der Waals surface area (Å²) in [7, 11) is 0. The van der Waals surface area contributed by atoms with Crippen LogP contribution in [0.4, 0.5) is 17.3 Å². The fraction of sp³-hybridized carbons (Fsp3) is 0.231. The number of aromatic nitrogens is 2. The molecule has 0 amide bonds. The van der Waals surface area contributed by atoms with Gasteiger partial charge in [-0.25, -0.2) is 9.97 Å². The SMILES string of the molecule is Nc1ncnc(N(CCO)Cc2ccccc2)c1[N+](=O)[O-]. The molecule has 0 bridgehead atoms. The highest BCUT2D eigenvalue weighted by atomic mass is 16.6. The largest absolute Gasteiger partial charge is 0.395 e. The van der Waals surface area contributed by atoms with E-state index in [4.69, 9.17) is 5.73 Å². The van der Waals surface area contributed by atoms with E-state index < -0.39 is 4.92 Å². The second kappa shape index (κ2) is 6.62. The van der Waals surface area contributed by atoms with Crippen molar-refractivity contribution < 1.29 is 10.0 Å². The van der Waals surface area contributed by atoms with Crippen molar-refractivity contribution in [2.24, 2.45) is 0 Å². The molecule has 1 heterocycles. The molecule has 8 heteroatoms. The van der Waals surface area contributed by atoms with Crippen LogP contribution in [0.15, 0.2) is 36.7 Å². The summed E-state index contributed by atoms with van der Waals surface area (Å²) in [5.41, 5.74) is 6.16. The van der Waals surface area contributed by atoms with E-state index in [-0.39, 0.29) is 30.5 Å². The van der Waals surface area contributed by atoms with Crippen LogP contribution in [0.2, 0.25) is 0 Å². The Labute approximate surface area is 121 Å². The number of nitro groups is 1. The molecule has 2 aromatic rings. The summed E-state index contributed by atoms with van der Waals surface area (Å²) in [4.78, 5) is 19.8. The lowest BCUT2D eigenvalue weighted by Gasteiger charge is -2.22. The molecule has 3 N–H and O–H groups in total. The molecule has 0 aliphatic carbocycles. The van der Waals surface area contributed by atoms with Crippen LogP contribution < -0.4 is 10.6 Å². The number of rotatable bonds is 6. The number of aliphatic hydroxyl groups is 1. The Morgan fingerprint density at radius 3 is 2.62 bits per heavy atom. The van der Waals surface area contributed by atoms with Gasteiger partial charge in [0.2, 0.25) is 11.6 Å². The minimum Gasteiger partial charge on any atom is -0.395 e. The average molecular weight is 289 g/mol. The lowest BCUT2D eigenvalue weighted by molar-refractivity contribution is -0.383. The maximum absolute atomic E-state index is 11.2. The monoisotopic (exact) mass is 289 g/mol. The first-order valence-corrected chi connectivity index (χ1v) is 6.28. The van der Waals surface area contributed by atoms with Gasteiger partial charge in [-0.1, -0.05) is 30.3 Å². The lowest BCUT2D eigenvalue weighted by atomic mass is 10.2. The van der Waals surface area contributed by atoms with Crippen LogP contribution in [0.5, 0.6) is 0 Å². The van der Waals surface area contributed by atoms with E-state index >= 15 is 0 Å². The summed E-state index contributed by atoms with van der Waals surface area (Å²) >= 11 is 0. The van der Waals surface area contributed by atoms with Crippen LogP contribution in [0.1, 0.15) is 5.56 Å². The summed E-state index contributed by atoms with van der Waals surface area (Å²) in [5.74, 6) is -0.0913. The molecule has 110 valence electrons. The van der Waals surface area contributed by atoms with Gasteiger partial charge in [0.15, 0.2) is 0 Å². The van der Waals surface area contributed by atoms with E-state index in [0.29, 0.717) is 6.54 Å². The van der Waals surface area contributed by atoms with Gasteiger partial charge >= 0.3 is 5.69 Å². The van der Waals surface area contributed by atoms with Crippen molar-refractivity contribution in [1.82, 2.24) is 9.97 Å². The molecular weight excluding hydrogens is 274 g/mol. The number of hydrogen-bond acceptors (Lipinski definition) is 7. The van der Waals surface area contributed by atoms with Crippen LogP contribution >= 0.6 is 0 Å².